The molecular formula is C13H12N2O4. The van der Waals surface area contributed by atoms with Gasteiger partial charge in [-0.2, -0.15) is 5.10 Å². The summed E-state index contributed by atoms with van der Waals surface area (Å²) in [5, 5.41) is 21.7. The summed E-state index contributed by atoms with van der Waals surface area (Å²) >= 11 is 0. The van der Waals surface area contributed by atoms with E-state index in [1.165, 1.54) is 10.9 Å². The molecule has 1 aromatic heterocycles. The van der Waals surface area contributed by atoms with Gasteiger partial charge in [0.15, 0.2) is 5.69 Å². The largest absolute Gasteiger partial charge is 0.478 e. The minimum Gasteiger partial charge on any atom is -0.478 e. The molecule has 0 saturated heterocycles. The van der Waals surface area contributed by atoms with Crippen molar-refractivity contribution in [3.8, 4) is 5.69 Å². The number of nitrogens with zero attached hydrogens (tertiary/aromatic N) is 2. The maximum absolute atomic E-state index is 11.0. The van der Waals surface area contributed by atoms with Crippen LogP contribution in [-0.2, 0) is 6.42 Å². The van der Waals surface area contributed by atoms with Gasteiger partial charge in [0, 0.05) is 6.20 Å². The van der Waals surface area contributed by atoms with Gasteiger partial charge >= 0.3 is 11.9 Å². The minimum atomic E-state index is -1.36. The molecule has 0 amide bonds. The Morgan fingerprint density at radius 3 is 2.21 bits per heavy atom. The summed E-state index contributed by atoms with van der Waals surface area (Å²) in [6.07, 6.45) is 2.09. The number of benzene rings is 1. The molecule has 0 aliphatic heterocycles. The van der Waals surface area contributed by atoms with Crippen molar-refractivity contribution in [1.29, 1.82) is 0 Å². The molecule has 0 bridgehead atoms. The first kappa shape index (κ1) is 12.8. The molecule has 2 N–H and O–H groups in total. The molecule has 2 aromatic rings. The highest BCUT2D eigenvalue weighted by atomic mass is 16.4. The van der Waals surface area contributed by atoms with Crippen molar-refractivity contribution >= 4 is 11.9 Å². The van der Waals surface area contributed by atoms with Gasteiger partial charge in [-0.3, -0.25) is 0 Å². The molecule has 6 nitrogen and oxygen atoms in total. The van der Waals surface area contributed by atoms with Gasteiger partial charge < -0.3 is 10.2 Å². The SMILES string of the molecule is CCc1ccc(-n2cc(C(=O)O)c(C(=O)O)n2)cc1. The lowest BCUT2D eigenvalue weighted by Crippen LogP contribution is -2.06. The van der Waals surface area contributed by atoms with Crippen molar-refractivity contribution in [2.24, 2.45) is 0 Å². The number of aromatic carboxylic acids is 2. The Kier molecular flexibility index (Phi) is 3.33. The predicted octanol–water partition coefficient (Wildman–Crippen LogP) is 1.83. The summed E-state index contributed by atoms with van der Waals surface area (Å²) in [6, 6.07) is 7.31. The van der Waals surface area contributed by atoms with Crippen LogP contribution in [0.25, 0.3) is 5.69 Å². The zero-order valence-electron chi connectivity index (χ0n) is 10.2. The van der Waals surface area contributed by atoms with Crippen molar-refractivity contribution in [2.45, 2.75) is 13.3 Å². The quantitative estimate of drug-likeness (QED) is 0.874. The lowest BCUT2D eigenvalue weighted by molar-refractivity contribution is 0.0648. The van der Waals surface area contributed by atoms with Crippen LogP contribution in [0.15, 0.2) is 30.5 Å². The number of hydrogen-bond acceptors (Lipinski definition) is 3. The van der Waals surface area contributed by atoms with Gasteiger partial charge in [0.25, 0.3) is 0 Å². The second kappa shape index (κ2) is 4.93. The lowest BCUT2D eigenvalue weighted by Gasteiger charge is -2.02. The van der Waals surface area contributed by atoms with E-state index in [-0.39, 0.29) is 5.56 Å². The van der Waals surface area contributed by atoms with Crippen molar-refractivity contribution in [2.75, 3.05) is 0 Å². The first-order valence-electron chi connectivity index (χ1n) is 5.68. The molecule has 1 aromatic carbocycles. The molecule has 0 fully saturated rings. The van der Waals surface area contributed by atoms with E-state index in [2.05, 4.69) is 5.10 Å². The molecule has 0 aliphatic rings. The number of carboxylic acids is 2. The number of hydrogen-bond donors (Lipinski definition) is 2. The monoisotopic (exact) mass is 260 g/mol. The zero-order valence-corrected chi connectivity index (χ0v) is 10.2. The van der Waals surface area contributed by atoms with Crippen LogP contribution in [0.4, 0.5) is 0 Å². The van der Waals surface area contributed by atoms with Gasteiger partial charge in [0.2, 0.25) is 0 Å². The minimum absolute atomic E-state index is 0.327. The van der Waals surface area contributed by atoms with Crippen LogP contribution >= 0.6 is 0 Å². The van der Waals surface area contributed by atoms with Crippen molar-refractivity contribution in [3.63, 3.8) is 0 Å². The van der Waals surface area contributed by atoms with E-state index < -0.39 is 17.6 Å². The summed E-state index contributed by atoms with van der Waals surface area (Å²) in [4.78, 5) is 21.9. The number of carbonyl (C=O) groups is 2. The Morgan fingerprint density at radius 2 is 1.79 bits per heavy atom. The van der Waals surface area contributed by atoms with E-state index in [1.807, 2.05) is 19.1 Å². The van der Waals surface area contributed by atoms with E-state index in [9.17, 15) is 9.59 Å². The van der Waals surface area contributed by atoms with E-state index in [1.54, 1.807) is 12.1 Å². The standard InChI is InChI=1S/C13H12N2O4/c1-2-8-3-5-9(6-4-8)15-7-10(12(16)17)11(14-15)13(18)19/h3-7H,2H2,1H3,(H,16,17)(H,18,19). The molecule has 2 rings (SSSR count). The van der Waals surface area contributed by atoms with Gasteiger partial charge in [-0.25, -0.2) is 14.3 Å². The fourth-order valence-corrected chi connectivity index (χ4v) is 1.71. The van der Waals surface area contributed by atoms with E-state index in [0.717, 1.165) is 12.0 Å². The van der Waals surface area contributed by atoms with E-state index in [4.69, 9.17) is 10.2 Å². The Labute approximate surface area is 108 Å². The molecule has 0 aliphatic carbocycles. The number of aromatic nitrogens is 2. The van der Waals surface area contributed by atoms with Crippen LogP contribution in [0.5, 0.6) is 0 Å². The maximum atomic E-state index is 11.0. The average Bonchev–Trinajstić information content (AvgIpc) is 2.84. The summed E-state index contributed by atoms with van der Waals surface area (Å²) < 4.78 is 1.26. The summed E-state index contributed by atoms with van der Waals surface area (Å²) in [6.45, 7) is 2.02. The number of aryl methyl sites for hydroxylation is 1. The Hall–Kier alpha value is -2.63. The van der Waals surface area contributed by atoms with Gasteiger partial charge in [-0.05, 0) is 24.1 Å². The second-order valence-corrected chi connectivity index (χ2v) is 3.97. The van der Waals surface area contributed by atoms with Crippen molar-refractivity contribution < 1.29 is 19.8 Å². The molecule has 0 spiro atoms. The molecule has 0 radical (unpaired) electrons. The van der Waals surface area contributed by atoms with E-state index >= 15 is 0 Å². The summed E-state index contributed by atoms with van der Waals surface area (Å²) in [7, 11) is 0. The average molecular weight is 260 g/mol. The van der Waals surface area contributed by atoms with Crippen molar-refractivity contribution in [3.05, 3.63) is 47.3 Å². The zero-order chi connectivity index (χ0) is 14.0. The Morgan fingerprint density at radius 1 is 1.16 bits per heavy atom. The van der Waals surface area contributed by atoms with Gasteiger partial charge in [-0.1, -0.05) is 19.1 Å². The smallest absolute Gasteiger partial charge is 0.357 e. The Bertz CT molecular complexity index is 597. The van der Waals surface area contributed by atoms with Gasteiger partial charge in [0.1, 0.15) is 5.56 Å². The third-order valence-corrected chi connectivity index (χ3v) is 2.76. The second-order valence-electron chi connectivity index (χ2n) is 3.97. The van der Waals surface area contributed by atoms with Crippen LogP contribution in [0.2, 0.25) is 0 Å². The van der Waals surface area contributed by atoms with Gasteiger partial charge in [-0.15, -0.1) is 0 Å². The highest BCUT2D eigenvalue weighted by molar-refractivity contribution is 6.00. The molecule has 0 atom stereocenters. The molecule has 0 unspecified atom stereocenters. The lowest BCUT2D eigenvalue weighted by atomic mass is 10.1. The highest BCUT2D eigenvalue weighted by Gasteiger charge is 2.21. The molecule has 1 heterocycles. The third-order valence-electron chi connectivity index (χ3n) is 2.76. The molecule has 0 saturated carbocycles. The number of rotatable bonds is 4. The maximum Gasteiger partial charge on any atom is 0.357 e. The Balaban J connectivity index is 2.47. The molecule has 19 heavy (non-hydrogen) atoms. The summed E-state index contributed by atoms with van der Waals surface area (Å²) in [5.41, 5.74) is 0.958. The van der Waals surface area contributed by atoms with Crippen molar-refractivity contribution in [1.82, 2.24) is 9.78 Å². The van der Waals surface area contributed by atoms with Crippen LogP contribution in [0.1, 0.15) is 33.3 Å². The molecule has 98 valence electrons. The predicted molar refractivity (Wildman–Crippen MR) is 66.9 cm³/mol. The molecular weight excluding hydrogens is 248 g/mol. The highest BCUT2D eigenvalue weighted by Crippen LogP contribution is 2.14. The van der Waals surface area contributed by atoms with Gasteiger partial charge in [0.05, 0.1) is 5.69 Å². The topological polar surface area (TPSA) is 92.4 Å². The first-order chi connectivity index (χ1) is 9.02. The third kappa shape index (κ3) is 2.47. The first-order valence-corrected chi connectivity index (χ1v) is 5.68. The fraction of sp³-hybridized carbons (Fsp3) is 0.154. The number of carboxylic acid groups (broad SMARTS) is 2. The van der Waals surface area contributed by atoms with Crippen LogP contribution < -0.4 is 0 Å². The van der Waals surface area contributed by atoms with Crippen LogP contribution in [0.3, 0.4) is 0 Å². The fourth-order valence-electron chi connectivity index (χ4n) is 1.71. The van der Waals surface area contributed by atoms with E-state index in [0.29, 0.717) is 5.69 Å². The molecule has 6 heteroatoms. The summed E-state index contributed by atoms with van der Waals surface area (Å²) in [5.74, 6) is -2.67. The van der Waals surface area contributed by atoms with Crippen LogP contribution in [-0.4, -0.2) is 31.9 Å². The van der Waals surface area contributed by atoms with Crippen LogP contribution in [0, 0.1) is 0 Å². The normalized spacial score (nSPS) is 10.4.